The van der Waals surface area contributed by atoms with Gasteiger partial charge in [0.15, 0.2) is 0 Å². The van der Waals surface area contributed by atoms with Crippen molar-refractivity contribution >= 4 is 10.2 Å². The Bertz CT molecular complexity index is 460. The summed E-state index contributed by atoms with van der Waals surface area (Å²) in [5.41, 5.74) is 0.588. The zero-order valence-corrected chi connectivity index (χ0v) is 10.3. The molecule has 0 spiro atoms. The molecule has 0 aliphatic carbocycles. The highest BCUT2D eigenvalue weighted by molar-refractivity contribution is 7.87. The lowest BCUT2D eigenvalue weighted by Crippen LogP contribution is -2.37. The molecule has 0 aliphatic rings. The van der Waals surface area contributed by atoms with Crippen molar-refractivity contribution in [3.8, 4) is 0 Å². The average Bonchev–Trinajstić information content (AvgIpc) is 2.16. The van der Waals surface area contributed by atoms with Gasteiger partial charge in [-0.2, -0.15) is 17.4 Å². The molecule has 0 aliphatic heterocycles. The van der Waals surface area contributed by atoms with Crippen molar-refractivity contribution in [2.75, 3.05) is 14.1 Å². The van der Waals surface area contributed by atoms with Gasteiger partial charge in [-0.1, -0.05) is 12.1 Å². The van der Waals surface area contributed by atoms with E-state index in [1.165, 1.54) is 26.2 Å². The highest BCUT2D eigenvalue weighted by Gasteiger charge is 2.17. The minimum Gasteiger partial charge on any atom is -0.207 e. The maximum absolute atomic E-state index is 12.9. The quantitative estimate of drug-likeness (QED) is 0.870. The molecule has 1 rings (SSSR count). The van der Waals surface area contributed by atoms with Gasteiger partial charge in [-0.25, -0.2) is 4.39 Å². The first-order valence-corrected chi connectivity index (χ1v) is 6.22. The van der Waals surface area contributed by atoms with Gasteiger partial charge >= 0.3 is 0 Å². The van der Waals surface area contributed by atoms with Crippen LogP contribution in [0.4, 0.5) is 4.39 Å². The molecule has 6 heteroatoms. The van der Waals surface area contributed by atoms with E-state index in [0.29, 0.717) is 5.56 Å². The molecule has 1 N–H and O–H groups in total. The van der Waals surface area contributed by atoms with E-state index in [2.05, 4.69) is 4.72 Å². The maximum Gasteiger partial charge on any atom is 0.279 e. The Morgan fingerprint density at radius 3 is 2.50 bits per heavy atom. The smallest absolute Gasteiger partial charge is 0.207 e. The zero-order valence-electron chi connectivity index (χ0n) is 9.44. The third kappa shape index (κ3) is 3.26. The summed E-state index contributed by atoms with van der Waals surface area (Å²) in [4.78, 5) is 0. The Labute approximate surface area is 95.3 Å². The third-order valence-electron chi connectivity index (χ3n) is 2.16. The van der Waals surface area contributed by atoms with Crippen molar-refractivity contribution in [2.24, 2.45) is 0 Å². The normalized spacial score (nSPS) is 14.1. The van der Waals surface area contributed by atoms with Crippen molar-refractivity contribution in [2.45, 2.75) is 13.0 Å². The van der Waals surface area contributed by atoms with Crippen LogP contribution in [0.3, 0.4) is 0 Å². The topological polar surface area (TPSA) is 49.4 Å². The predicted molar refractivity (Wildman–Crippen MR) is 60.6 cm³/mol. The molecular weight excluding hydrogens is 231 g/mol. The molecule has 0 heterocycles. The SMILES string of the molecule is C[C@@H](NS(=O)(=O)N(C)C)c1cccc(F)c1. The summed E-state index contributed by atoms with van der Waals surface area (Å²) in [5, 5.41) is 0. The van der Waals surface area contributed by atoms with E-state index in [-0.39, 0.29) is 5.82 Å². The Hall–Kier alpha value is -0.980. The Morgan fingerprint density at radius 2 is 2.00 bits per heavy atom. The molecular formula is C10H15FN2O2S. The number of halogens is 1. The maximum atomic E-state index is 12.9. The van der Waals surface area contributed by atoms with Gasteiger partial charge in [0.1, 0.15) is 5.82 Å². The standard InChI is InChI=1S/C10H15FN2O2S/c1-8(12-16(14,15)13(2)3)9-5-4-6-10(11)7-9/h4-8,12H,1-3H3/t8-/m1/s1. The third-order valence-corrected chi connectivity index (χ3v) is 3.77. The van der Waals surface area contributed by atoms with Crippen molar-refractivity contribution in [1.29, 1.82) is 0 Å². The van der Waals surface area contributed by atoms with E-state index in [1.54, 1.807) is 19.1 Å². The van der Waals surface area contributed by atoms with E-state index in [4.69, 9.17) is 0 Å². The molecule has 1 aromatic rings. The summed E-state index contributed by atoms with van der Waals surface area (Å²) >= 11 is 0. The second kappa shape index (κ2) is 4.90. The van der Waals surface area contributed by atoms with Crippen LogP contribution in [0.2, 0.25) is 0 Å². The van der Waals surface area contributed by atoms with E-state index >= 15 is 0 Å². The van der Waals surface area contributed by atoms with E-state index < -0.39 is 16.3 Å². The monoisotopic (exact) mass is 246 g/mol. The predicted octanol–water partition coefficient (Wildman–Crippen LogP) is 1.28. The van der Waals surface area contributed by atoms with Gasteiger partial charge in [0.05, 0.1) is 0 Å². The first-order chi connectivity index (χ1) is 7.33. The summed E-state index contributed by atoms with van der Waals surface area (Å²) in [7, 11) is -0.635. The number of nitrogens with one attached hydrogen (secondary N) is 1. The number of hydrogen-bond donors (Lipinski definition) is 1. The van der Waals surface area contributed by atoms with Crippen LogP contribution in [0.5, 0.6) is 0 Å². The summed E-state index contributed by atoms with van der Waals surface area (Å²) in [6, 6.07) is 5.37. The second-order valence-corrected chi connectivity index (χ2v) is 5.60. The van der Waals surface area contributed by atoms with Crippen LogP contribution in [0, 0.1) is 5.82 Å². The average molecular weight is 246 g/mol. The Morgan fingerprint density at radius 1 is 1.38 bits per heavy atom. The van der Waals surface area contributed by atoms with E-state index in [1.807, 2.05) is 0 Å². The Balaban J connectivity index is 2.85. The minimum absolute atomic E-state index is 0.381. The molecule has 0 saturated heterocycles. The van der Waals surface area contributed by atoms with Crippen LogP contribution < -0.4 is 4.72 Å². The molecule has 0 radical (unpaired) electrons. The van der Waals surface area contributed by atoms with Crippen LogP contribution in [0.15, 0.2) is 24.3 Å². The van der Waals surface area contributed by atoms with Crippen LogP contribution in [0.1, 0.15) is 18.5 Å². The van der Waals surface area contributed by atoms with Gasteiger partial charge in [0, 0.05) is 20.1 Å². The summed E-state index contributed by atoms with van der Waals surface area (Å²) in [5.74, 6) is -0.381. The van der Waals surface area contributed by atoms with E-state index in [9.17, 15) is 12.8 Å². The van der Waals surface area contributed by atoms with Gasteiger partial charge in [-0.3, -0.25) is 0 Å². The van der Waals surface area contributed by atoms with Crippen molar-refractivity contribution < 1.29 is 12.8 Å². The van der Waals surface area contributed by atoms with Gasteiger partial charge in [0.25, 0.3) is 10.2 Å². The highest BCUT2D eigenvalue weighted by atomic mass is 32.2. The fraction of sp³-hybridized carbons (Fsp3) is 0.400. The van der Waals surface area contributed by atoms with Gasteiger partial charge in [0.2, 0.25) is 0 Å². The molecule has 0 fully saturated rings. The van der Waals surface area contributed by atoms with Gasteiger partial charge in [-0.15, -0.1) is 0 Å². The molecule has 0 saturated carbocycles. The number of benzene rings is 1. The molecule has 0 bridgehead atoms. The molecule has 1 atom stereocenters. The fourth-order valence-corrected chi connectivity index (χ4v) is 1.97. The van der Waals surface area contributed by atoms with Crippen molar-refractivity contribution in [3.05, 3.63) is 35.6 Å². The second-order valence-electron chi connectivity index (χ2n) is 3.68. The summed E-state index contributed by atoms with van der Waals surface area (Å²) in [6.07, 6.45) is 0. The molecule has 90 valence electrons. The zero-order chi connectivity index (χ0) is 12.3. The number of rotatable bonds is 4. The largest absolute Gasteiger partial charge is 0.279 e. The fourth-order valence-electron chi connectivity index (χ4n) is 1.17. The van der Waals surface area contributed by atoms with Crippen LogP contribution in [0.25, 0.3) is 0 Å². The van der Waals surface area contributed by atoms with Crippen LogP contribution in [-0.4, -0.2) is 26.8 Å². The summed E-state index contributed by atoms with van der Waals surface area (Å²) < 4.78 is 39.5. The molecule has 0 unspecified atom stereocenters. The lowest BCUT2D eigenvalue weighted by Gasteiger charge is -2.18. The first kappa shape index (κ1) is 13.1. The lowest BCUT2D eigenvalue weighted by molar-refractivity contribution is 0.494. The van der Waals surface area contributed by atoms with Crippen LogP contribution in [-0.2, 0) is 10.2 Å². The van der Waals surface area contributed by atoms with Gasteiger partial charge < -0.3 is 0 Å². The number of hydrogen-bond acceptors (Lipinski definition) is 2. The molecule has 0 amide bonds. The van der Waals surface area contributed by atoms with Crippen molar-refractivity contribution in [3.63, 3.8) is 0 Å². The first-order valence-electron chi connectivity index (χ1n) is 4.78. The molecule has 0 aromatic heterocycles. The number of nitrogens with zero attached hydrogens (tertiary/aromatic N) is 1. The Kier molecular flexibility index (Phi) is 4.01. The van der Waals surface area contributed by atoms with Crippen molar-refractivity contribution in [1.82, 2.24) is 9.03 Å². The molecule has 16 heavy (non-hydrogen) atoms. The van der Waals surface area contributed by atoms with Crippen LogP contribution >= 0.6 is 0 Å². The molecule has 4 nitrogen and oxygen atoms in total. The van der Waals surface area contributed by atoms with Gasteiger partial charge in [-0.05, 0) is 24.6 Å². The molecule has 1 aromatic carbocycles. The van der Waals surface area contributed by atoms with E-state index in [0.717, 1.165) is 4.31 Å². The highest BCUT2D eigenvalue weighted by Crippen LogP contribution is 2.14. The summed E-state index contributed by atoms with van der Waals surface area (Å²) in [6.45, 7) is 1.66. The minimum atomic E-state index is -3.50. The lowest BCUT2D eigenvalue weighted by atomic mass is 10.1.